The van der Waals surface area contributed by atoms with E-state index in [1.165, 1.54) is 17.0 Å². The Hall–Kier alpha value is -3.95. The van der Waals surface area contributed by atoms with Gasteiger partial charge in [-0.05, 0) is 60.4 Å². The van der Waals surface area contributed by atoms with Crippen molar-refractivity contribution in [3.05, 3.63) is 130 Å². The molecule has 4 rings (SSSR count). The van der Waals surface area contributed by atoms with E-state index in [1.54, 1.807) is 30.3 Å². The van der Waals surface area contributed by atoms with Crippen molar-refractivity contribution in [3.63, 3.8) is 0 Å². The van der Waals surface area contributed by atoms with Crippen LogP contribution in [0.2, 0.25) is 0 Å². The molecular weight excluding hydrogens is 638 g/mol. The van der Waals surface area contributed by atoms with E-state index < -0.39 is 28.5 Å². The van der Waals surface area contributed by atoms with Gasteiger partial charge < -0.3 is 10.2 Å². The van der Waals surface area contributed by atoms with E-state index in [0.717, 1.165) is 32.7 Å². The number of nitrogens with one attached hydrogen (secondary N) is 1. The van der Waals surface area contributed by atoms with Gasteiger partial charge in [-0.15, -0.1) is 0 Å². The number of amides is 2. The fourth-order valence-electron chi connectivity index (χ4n) is 4.92. The van der Waals surface area contributed by atoms with Gasteiger partial charge in [0.25, 0.3) is 10.0 Å². The molecule has 0 aromatic heterocycles. The number of benzene rings is 4. The van der Waals surface area contributed by atoms with Crippen molar-refractivity contribution in [1.82, 2.24) is 10.2 Å². The van der Waals surface area contributed by atoms with Crippen LogP contribution in [-0.2, 0) is 32.6 Å². The Balaban J connectivity index is 1.78. The minimum atomic E-state index is -4.13. The Morgan fingerprint density at radius 2 is 1.43 bits per heavy atom. The Bertz CT molecular complexity index is 1630. The molecule has 9 heteroatoms. The first-order chi connectivity index (χ1) is 21.2. The molecule has 0 radical (unpaired) electrons. The molecule has 44 heavy (non-hydrogen) atoms. The van der Waals surface area contributed by atoms with Crippen molar-refractivity contribution in [3.8, 4) is 0 Å². The molecule has 0 heterocycles. The van der Waals surface area contributed by atoms with Gasteiger partial charge in [-0.3, -0.25) is 13.9 Å². The molecule has 0 aliphatic heterocycles. The van der Waals surface area contributed by atoms with Crippen LogP contribution in [0.4, 0.5) is 5.69 Å². The molecule has 0 spiro atoms. The Morgan fingerprint density at radius 1 is 0.818 bits per heavy atom. The Labute approximate surface area is 269 Å². The monoisotopic (exact) mass is 675 g/mol. The molecule has 0 bridgehead atoms. The summed E-state index contributed by atoms with van der Waals surface area (Å²) in [5, 5.41) is 3.01. The molecule has 0 fully saturated rings. The van der Waals surface area contributed by atoms with E-state index >= 15 is 0 Å². The highest BCUT2D eigenvalue weighted by Crippen LogP contribution is 2.27. The van der Waals surface area contributed by atoms with E-state index in [0.29, 0.717) is 17.8 Å². The molecular formula is C35H38BrN3O4S. The van der Waals surface area contributed by atoms with E-state index in [4.69, 9.17) is 0 Å². The highest BCUT2D eigenvalue weighted by atomic mass is 79.9. The summed E-state index contributed by atoms with van der Waals surface area (Å²) in [5.74, 6) is -0.761. The van der Waals surface area contributed by atoms with Crippen LogP contribution in [0.5, 0.6) is 0 Å². The third kappa shape index (κ3) is 8.57. The average molecular weight is 677 g/mol. The zero-order chi connectivity index (χ0) is 31.5. The maximum Gasteiger partial charge on any atom is 0.264 e. The summed E-state index contributed by atoms with van der Waals surface area (Å²) in [4.78, 5) is 29.9. The number of carbonyl (C=O) groups excluding carboxylic acids is 2. The largest absolute Gasteiger partial charge is 0.354 e. The maximum absolute atomic E-state index is 14.5. The van der Waals surface area contributed by atoms with Crippen molar-refractivity contribution < 1.29 is 18.0 Å². The van der Waals surface area contributed by atoms with Crippen LogP contribution in [0.3, 0.4) is 0 Å². The van der Waals surface area contributed by atoms with Crippen LogP contribution < -0.4 is 9.62 Å². The fourth-order valence-corrected chi connectivity index (χ4v) is 6.69. The van der Waals surface area contributed by atoms with E-state index in [-0.39, 0.29) is 23.8 Å². The highest BCUT2D eigenvalue weighted by molar-refractivity contribution is 9.10. The second-order valence-electron chi connectivity index (χ2n) is 10.6. The smallest absolute Gasteiger partial charge is 0.264 e. The number of hydrogen-bond donors (Lipinski definition) is 1. The van der Waals surface area contributed by atoms with Gasteiger partial charge in [0.05, 0.1) is 10.6 Å². The molecule has 1 N–H and O–H groups in total. The number of rotatable bonds is 14. The Morgan fingerprint density at radius 3 is 2.07 bits per heavy atom. The summed E-state index contributed by atoms with van der Waals surface area (Å²) >= 11 is 3.46. The first-order valence-corrected chi connectivity index (χ1v) is 16.9. The van der Waals surface area contributed by atoms with Gasteiger partial charge in [-0.2, -0.15) is 0 Å². The molecule has 0 aliphatic carbocycles. The molecule has 0 saturated carbocycles. The lowest BCUT2D eigenvalue weighted by molar-refractivity contribution is -0.140. The third-order valence-electron chi connectivity index (χ3n) is 7.36. The highest BCUT2D eigenvalue weighted by Gasteiger charge is 2.34. The van der Waals surface area contributed by atoms with Gasteiger partial charge in [0.1, 0.15) is 12.6 Å². The quantitative estimate of drug-likeness (QED) is 0.154. The van der Waals surface area contributed by atoms with Crippen molar-refractivity contribution in [2.24, 2.45) is 0 Å². The topological polar surface area (TPSA) is 86.8 Å². The van der Waals surface area contributed by atoms with Gasteiger partial charge in [0, 0.05) is 24.0 Å². The van der Waals surface area contributed by atoms with Crippen molar-refractivity contribution in [2.75, 3.05) is 17.4 Å². The maximum atomic E-state index is 14.5. The first kappa shape index (κ1) is 33.0. The summed E-state index contributed by atoms with van der Waals surface area (Å²) in [6.07, 6.45) is 1.99. The lowest BCUT2D eigenvalue weighted by Crippen LogP contribution is -2.53. The molecule has 0 unspecified atom stereocenters. The number of nitrogens with zero attached hydrogens (tertiary/aromatic N) is 2. The summed E-state index contributed by atoms with van der Waals surface area (Å²) in [5.41, 5.74) is 2.82. The minimum absolute atomic E-state index is 0.0775. The van der Waals surface area contributed by atoms with E-state index in [1.807, 2.05) is 80.6 Å². The van der Waals surface area contributed by atoms with Crippen LogP contribution >= 0.6 is 15.9 Å². The van der Waals surface area contributed by atoms with Crippen LogP contribution in [0.1, 0.15) is 36.5 Å². The zero-order valence-corrected chi connectivity index (χ0v) is 27.4. The van der Waals surface area contributed by atoms with E-state index in [2.05, 4.69) is 21.2 Å². The standard InChI is InChI=1S/C35H38BrN3O4S/c1-3-4-23-37-35(41)33(24-28-14-7-5-8-15-28)38(25-29-19-21-30(36)22-20-29)34(40)26-39(32-18-12-11-13-27(32)2)44(42,43)31-16-9-6-10-17-31/h5-22,33H,3-4,23-26H2,1-2H3,(H,37,41)/t33-/m1/s1. The van der Waals surface area contributed by atoms with Gasteiger partial charge in [-0.1, -0.05) is 108 Å². The number of anilines is 1. The first-order valence-electron chi connectivity index (χ1n) is 14.7. The second-order valence-corrected chi connectivity index (χ2v) is 13.4. The minimum Gasteiger partial charge on any atom is -0.354 e. The van der Waals surface area contributed by atoms with Crippen LogP contribution in [0.15, 0.2) is 119 Å². The third-order valence-corrected chi connectivity index (χ3v) is 9.66. The number of aryl methyl sites for hydroxylation is 1. The predicted molar refractivity (Wildman–Crippen MR) is 179 cm³/mol. The van der Waals surface area contributed by atoms with Gasteiger partial charge in [0.2, 0.25) is 11.8 Å². The number of carbonyl (C=O) groups is 2. The number of halogens is 1. The zero-order valence-electron chi connectivity index (χ0n) is 25.0. The van der Waals surface area contributed by atoms with Gasteiger partial charge in [-0.25, -0.2) is 8.42 Å². The lowest BCUT2D eigenvalue weighted by Gasteiger charge is -2.34. The lowest BCUT2D eigenvalue weighted by atomic mass is 10.0. The van der Waals surface area contributed by atoms with Crippen molar-refractivity contribution in [2.45, 2.75) is 50.6 Å². The normalized spacial score (nSPS) is 11.9. The molecule has 1 atom stereocenters. The van der Waals surface area contributed by atoms with Gasteiger partial charge >= 0.3 is 0 Å². The molecule has 4 aromatic rings. The fraction of sp³-hybridized carbons (Fsp3) is 0.257. The van der Waals surface area contributed by atoms with Crippen LogP contribution in [0.25, 0.3) is 0 Å². The molecule has 0 aliphatic rings. The SMILES string of the molecule is CCCCNC(=O)[C@@H](Cc1ccccc1)N(Cc1ccc(Br)cc1)C(=O)CN(c1ccccc1C)S(=O)(=O)c1ccccc1. The number of hydrogen-bond acceptors (Lipinski definition) is 4. The summed E-state index contributed by atoms with van der Waals surface area (Å²) < 4.78 is 30.2. The number of sulfonamides is 1. The van der Waals surface area contributed by atoms with Crippen LogP contribution in [0, 0.1) is 6.92 Å². The van der Waals surface area contributed by atoms with E-state index in [9.17, 15) is 18.0 Å². The summed E-state index contributed by atoms with van der Waals surface area (Å²) in [6, 6.07) is 31.4. The molecule has 2 amide bonds. The molecule has 0 saturated heterocycles. The Kier molecular flexibility index (Phi) is 11.7. The number of unbranched alkanes of at least 4 members (excludes halogenated alkanes) is 1. The number of para-hydroxylation sites is 1. The summed E-state index contributed by atoms with van der Waals surface area (Å²) in [6.45, 7) is 3.99. The predicted octanol–water partition coefficient (Wildman–Crippen LogP) is 6.51. The molecule has 4 aromatic carbocycles. The van der Waals surface area contributed by atoms with Crippen LogP contribution in [-0.4, -0.2) is 44.3 Å². The van der Waals surface area contributed by atoms with Crippen molar-refractivity contribution in [1.29, 1.82) is 0 Å². The molecule has 7 nitrogen and oxygen atoms in total. The summed E-state index contributed by atoms with van der Waals surface area (Å²) in [7, 11) is -4.13. The average Bonchev–Trinajstić information content (AvgIpc) is 3.03. The van der Waals surface area contributed by atoms with Gasteiger partial charge in [0.15, 0.2) is 0 Å². The second kappa shape index (κ2) is 15.7. The van der Waals surface area contributed by atoms with Crippen molar-refractivity contribution >= 4 is 43.5 Å². The molecule has 230 valence electrons.